The lowest BCUT2D eigenvalue weighted by molar-refractivity contribution is 0.0706. The van der Waals surface area contributed by atoms with Crippen molar-refractivity contribution in [2.75, 3.05) is 13.1 Å². The van der Waals surface area contributed by atoms with Crippen LogP contribution in [0.25, 0.3) is 11.0 Å². The highest BCUT2D eigenvalue weighted by Crippen LogP contribution is 2.30. The first-order valence-corrected chi connectivity index (χ1v) is 11.5. The van der Waals surface area contributed by atoms with Crippen LogP contribution < -0.4 is 5.48 Å². The molecule has 1 amide bonds. The zero-order valence-electron chi connectivity index (χ0n) is 18.8. The van der Waals surface area contributed by atoms with E-state index in [-0.39, 0.29) is 5.82 Å². The van der Waals surface area contributed by atoms with Gasteiger partial charge in [0.25, 0.3) is 5.91 Å². The van der Waals surface area contributed by atoms with Crippen LogP contribution in [-0.4, -0.2) is 38.7 Å². The minimum atomic E-state index is -0.520. The fourth-order valence-corrected chi connectivity index (χ4v) is 4.74. The molecule has 6 nitrogen and oxygen atoms in total. The van der Waals surface area contributed by atoms with Gasteiger partial charge in [0.2, 0.25) is 0 Å². The van der Waals surface area contributed by atoms with Crippen LogP contribution in [0.3, 0.4) is 0 Å². The van der Waals surface area contributed by atoms with E-state index in [0.717, 1.165) is 54.6 Å². The number of aromatic nitrogens is 2. The largest absolute Gasteiger partial charge is 0.328 e. The van der Waals surface area contributed by atoms with E-state index in [9.17, 15) is 9.18 Å². The van der Waals surface area contributed by atoms with Crippen molar-refractivity contribution >= 4 is 16.9 Å². The summed E-state index contributed by atoms with van der Waals surface area (Å²) in [5.41, 5.74) is 6.48. The molecular weight excluding hydrogens is 431 g/mol. The van der Waals surface area contributed by atoms with Crippen LogP contribution >= 0.6 is 0 Å². The Kier molecular flexibility index (Phi) is 6.38. The Morgan fingerprint density at radius 3 is 2.38 bits per heavy atom. The molecule has 2 aromatic carbocycles. The van der Waals surface area contributed by atoms with Gasteiger partial charge in [0.15, 0.2) is 0 Å². The van der Waals surface area contributed by atoms with Gasteiger partial charge in [-0.05, 0) is 84.9 Å². The molecule has 1 saturated heterocycles. The van der Waals surface area contributed by atoms with Gasteiger partial charge in [0, 0.05) is 36.4 Å². The second kappa shape index (κ2) is 9.75. The van der Waals surface area contributed by atoms with Gasteiger partial charge in [0.05, 0.1) is 0 Å². The number of rotatable bonds is 6. The first-order valence-electron chi connectivity index (χ1n) is 11.5. The van der Waals surface area contributed by atoms with Crippen LogP contribution in [0.15, 0.2) is 73.1 Å². The predicted molar refractivity (Wildman–Crippen MR) is 128 cm³/mol. The molecule has 0 unspecified atom stereocenters. The number of benzene rings is 2. The van der Waals surface area contributed by atoms with Gasteiger partial charge >= 0.3 is 0 Å². The van der Waals surface area contributed by atoms with Crippen molar-refractivity contribution in [3.63, 3.8) is 0 Å². The van der Waals surface area contributed by atoms with E-state index < -0.39 is 5.91 Å². The normalized spacial score (nSPS) is 15.0. The third-order valence-corrected chi connectivity index (χ3v) is 6.67. The summed E-state index contributed by atoms with van der Waals surface area (Å²) in [6, 6.07) is 18.3. The second-order valence-corrected chi connectivity index (χ2v) is 8.94. The standard InChI is InChI=1S/C27H27FN4O2/c28-25-7-3-19(4-8-25)17-31-12-9-21(10-13-31)24-15-23-11-14-32(26(23)29-16-24)18-20-1-5-22(6-2-20)27(33)30-34/h1-8,11,14-16,21,34H,9-10,12-13,17-18H2,(H,30,33). The minimum absolute atomic E-state index is 0.191. The van der Waals surface area contributed by atoms with Crippen molar-refractivity contribution in [1.82, 2.24) is 19.9 Å². The number of carbonyl (C=O) groups excluding carboxylic acids is 1. The highest BCUT2D eigenvalue weighted by Gasteiger charge is 2.21. The van der Waals surface area contributed by atoms with E-state index in [0.29, 0.717) is 18.0 Å². The molecule has 34 heavy (non-hydrogen) atoms. The molecule has 0 radical (unpaired) electrons. The Morgan fingerprint density at radius 2 is 1.68 bits per heavy atom. The number of nitrogens with one attached hydrogen (secondary N) is 1. The topological polar surface area (TPSA) is 70.4 Å². The summed E-state index contributed by atoms with van der Waals surface area (Å²) < 4.78 is 15.2. The zero-order valence-corrected chi connectivity index (χ0v) is 18.8. The van der Waals surface area contributed by atoms with Crippen molar-refractivity contribution in [2.24, 2.45) is 0 Å². The maximum atomic E-state index is 13.1. The van der Waals surface area contributed by atoms with E-state index in [4.69, 9.17) is 10.2 Å². The number of halogens is 1. The number of hydrogen-bond acceptors (Lipinski definition) is 4. The number of fused-ring (bicyclic) bond motifs is 1. The first-order chi connectivity index (χ1) is 16.6. The van der Waals surface area contributed by atoms with Crippen LogP contribution in [0.1, 0.15) is 45.8 Å². The number of hydrogen-bond donors (Lipinski definition) is 2. The molecule has 4 aromatic rings. The Bertz CT molecular complexity index is 1280. The zero-order chi connectivity index (χ0) is 23.5. The molecule has 2 N–H and O–H groups in total. The average molecular weight is 459 g/mol. The maximum Gasteiger partial charge on any atom is 0.274 e. The Labute approximate surface area is 197 Å². The summed E-state index contributed by atoms with van der Waals surface area (Å²) in [5.74, 6) is -0.215. The molecular formula is C27H27FN4O2. The lowest BCUT2D eigenvalue weighted by Crippen LogP contribution is -2.32. The second-order valence-electron chi connectivity index (χ2n) is 8.94. The maximum absolute atomic E-state index is 13.1. The summed E-state index contributed by atoms with van der Waals surface area (Å²) in [6.45, 7) is 3.55. The van der Waals surface area contributed by atoms with Crippen molar-refractivity contribution in [2.45, 2.75) is 31.8 Å². The van der Waals surface area contributed by atoms with Gasteiger partial charge in [0.1, 0.15) is 11.5 Å². The Morgan fingerprint density at radius 1 is 1.00 bits per heavy atom. The number of pyridine rings is 1. The van der Waals surface area contributed by atoms with Gasteiger partial charge < -0.3 is 4.57 Å². The molecule has 174 valence electrons. The van der Waals surface area contributed by atoms with Gasteiger partial charge in [-0.1, -0.05) is 24.3 Å². The highest BCUT2D eigenvalue weighted by atomic mass is 19.1. The van der Waals surface area contributed by atoms with Gasteiger partial charge in [-0.15, -0.1) is 0 Å². The molecule has 2 aromatic heterocycles. The molecule has 0 spiro atoms. The quantitative estimate of drug-likeness (QED) is 0.324. The lowest BCUT2D eigenvalue weighted by Gasteiger charge is -2.32. The van der Waals surface area contributed by atoms with E-state index in [2.05, 4.69) is 21.6 Å². The van der Waals surface area contributed by atoms with Crippen LogP contribution in [-0.2, 0) is 13.1 Å². The lowest BCUT2D eigenvalue weighted by atomic mass is 9.90. The van der Waals surface area contributed by atoms with Gasteiger partial charge in [-0.25, -0.2) is 14.9 Å². The molecule has 7 heteroatoms. The number of carbonyl (C=O) groups is 1. The fraction of sp³-hybridized carbons (Fsp3) is 0.259. The van der Waals surface area contributed by atoms with Crippen LogP contribution in [0.2, 0.25) is 0 Å². The van der Waals surface area contributed by atoms with Crippen LogP contribution in [0.5, 0.6) is 0 Å². The number of likely N-dealkylation sites (tertiary alicyclic amines) is 1. The SMILES string of the molecule is O=C(NO)c1ccc(Cn2ccc3cc(C4CCN(Cc5ccc(F)cc5)CC4)cnc32)cc1. The monoisotopic (exact) mass is 458 g/mol. The van der Waals surface area contributed by atoms with Crippen molar-refractivity contribution in [3.8, 4) is 0 Å². The molecule has 1 aliphatic rings. The molecule has 0 atom stereocenters. The number of piperidine rings is 1. The summed E-state index contributed by atoms with van der Waals surface area (Å²) in [6.07, 6.45) is 6.22. The molecule has 0 saturated carbocycles. The average Bonchev–Trinajstić information content (AvgIpc) is 3.27. The van der Waals surface area contributed by atoms with E-state index in [1.165, 1.54) is 17.7 Å². The summed E-state index contributed by atoms with van der Waals surface area (Å²) in [7, 11) is 0. The number of nitrogens with zero attached hydrogens (tertiary/aromatic N) is 3. The van der Waals surface area contributed by atoms with Crippen LogP contribution in [0.4, 0.5) is 4.39 Å². The molecule has 0 aliphatic carbocycles. The van der Waals surface area contributed by atoms with E-state index in [1.54, 1.807) is 17.6 Å². The summed E-state index contributed by atoms with van der Waals surface area (Å²) in [4.78, 5) is 18.7. The van der Waals surface area contributed by atoms with Crippen molar-refractivity contribution in [1.29, 1.82) is 0 Å². The third-order valence-electron chi connectivity index (χ3n) is 6.67. The van der Waals surface area contributed by atoms with Gasteiger partial charge in [-0.3, -0.25) is 14.9 Å². The van der Waals surface area contributed by atoms with E-state index in [1.807, 2.05) is 36.7 Å². The van der Waals surface area contributed by atoms with E-state index >= 15 is 0 Å². The minimum Gasteiger partial charge on any atom is -0.328 e. The third kappa shape index (κ3) is 4.85. The van der Waals surface area contributed by atoms with Crippen LogP contribution in [0, 0.1) is 5.82 Å². The number of hydroxylamine groups is 1. The Balaban J connectivity index is 1.22. The van der Waals surface area contributed by atoms with Crippen molar-refractivity contribution in [3.05, 3.63) is 101 Å². The Hall–Kier alpha value is -3.55. The van der Waals surface area contributed by atoms with Gasteiger partial charge in [-0.2, -0.15) is 0 Å². The molecule has 1 fully saturated rings. The fourth-order valence-electron chi connectivity index (χ4n) is 4.74. The number of amides is 1. The molecule has 5 rings (SSSR count). The molecule has 0 bridgehead atoms. The molecule has 3 heterocycles. The first kappa shape index (κ1) is 22.3. The van der Waals surface area contributed by atoms with Crippen molar-refractivity contribution < 1.29 is 14.4 Å². The molecule has 1 aliphatic heterocycles. The smallest absolute Gasteiger partial charge is 0.274 e. The highest BCUT2D eigenvalue weighted by molar-refractivity contribution is 5.93. The summed E-state index contributed by atoms with van der Waals surface area (Å²) >= 11 is 0. The predicted octanol–water partition coefficient (Wildman–Crippen LogP) is 4.72. The summed E-state index contributed by atoms with van der Waals surface area (Å²) in [5, 5.41) is 9.88.